The van der Waals surface area contributed by atoms with E-state index in [2.05, 4.69) is 17.5 Å². The summed E-state index contributed by atoms with van der Waals surface area (Å²) in [6, 6.07) is 11.8. The monoisotopic (exact) mass is 338 g/mol. The number of nitriles is 1. The molecule has 1 aliphatic rings. The molecule has 5 nitrogen and oxygen atoms in total. The molecule has 3 rings (SSSR count). The van der Waals surface area contributed by atoms with Gasteiger partial charge in [-0.05, 0) is 43.2 Å². The van der Waals surface area contributed by atoms with E-state index in [1.165, 1.54) is 4.90 Å². The third-order valence-corrected chi connectivity index (χ3v) is 5.87. The lowest BCUT2D eigenvalue weighted by Gasteiger charge is -2.38. The van der Waals surface area contributed by atoms with Crippen LogP contribution in [0.2, 0.25) is 0 Å². The fraction of sp³-hybridized carbons (Fsp3) is 0.278. The Kier molecular flexibility index (Phi) is 3.90. The number of amides is 1. The van der Waals surface area contributed by atoms with Crippen LogP contribution < -0.4 is 5.32 Å². The van der Waals surface area contributed by atoms with E-state index in [1.807, 2.05) is 32.0 Å². The standard InChI is InChI=1S/C18H18N4OS/c1-11-7-14(18(2)9-15(23)22(3)17(20)21-18)24-16(11)13-6-4-5-12(8-13)10-19/h4-8H,9H2,1-3H3,(H2,20,21)/t18-/m0/s1. The minimum Gasteiger partial charge on any atom is -0.345 e. The van der Waals surface area contributed by atoms with Gasteiger partial charge in [0.2, 0.25) is 5.91 Å². The van der Waals surface area contributed by atoms with Crippen molar-refractivity contribution in [3.8, 4) is 16.5 Å². The second kappa shape index (κ2) is 5.77. The van der Waals surface area contributed by atoms with Gasteiger partial charge in [0.1, 0.15) is 0 Å². The quantitative estimate of drug-likeness (QED) is 0.882. The third-order valence-electron chi connectivity index (χ3n) is 4.32. The van der Waals surface area contributed by atoms with E-state index in [4.69, 9.17) is 10.7 Å². The third kappa shape index (κ3) is 2.68. The van der Waals surface area contributed by atoms with Crippen molar-refractivity contribution < 1.29 is 4.79 Å². The van der Waals surface area contributed by atoms with Crippen LogP contribution in [-0.4, -0.2) is 23.8 Å². The molecule has 1 atom stereocenters. The molecule has 0 unspecified atom stereocenters. The second-order valence-corrected chi connectivity index (χ2v) is 7.30. The van der Waals surface area contributed by atoms with Crippen molar-refractivity contribution in [3.05, 3.63) is 46.3 Å². The van der Waals surface area contributed by atoms with E-state index >= 15 is 0 Å². The van der Waals surface area contributed by atoms with Crippen LogP contribution in [0, 0.1) is 23.7 Å². The van der Waals surface area contributed by atoms with Crippen molar-refractivity contribution in [2.24, 2.45) is 0 Å². The molecule has 2 N–H and O–H groups in total. The summed E-state index contributed by atoms with van der Waals surface area (Å²) in [6.07, 6.45) is 0.309. The van der Waals surface area contributed by atoms with Gasteiger partial charge in [-0.1, -0.05) is 12.1 Å². The Balaban J connectivity index is 2.01. The Morgan fingerprint density at radius 2 is 2.17 bits per heavy atom. The van der Waals surface area contributed by atoms with E-state index in [1.54, 1.807) is 24.5 Å². The Hall–Kier alpha value is -2.65. The number of carbonyl (C=O) groups is 1. The van der Waals surface area contributed by atoms with Crippen molar-refractivity contribution >= 4 is 23.2 Å². The van der Waals surface area contributed by atoms with E-state index in [9.17, 15) is 4.79 Å². The highest BCUT2D eigenvalue weighted by atomic mass is 32.1. The maximum absolute atomic E-state index is 12.2. The lowest BCUT2D eigenvalue weighted by Crippen LogP contribution is -2.57. The highest BCUT2D eigenvalue weighted by molar-refractivity contribution is 7.15. The molecule has 1 aromatic carbocycles. The Bertz CT molecular complexity index is 859. The highest BCUT2D eigenvalue weighted by Gasteiger charge is 2.39. The Morgan fingerprint density at radius 3 is 2.83 bits per heavy atom. The van der Waals surface area contributed by atoms with E-state index < -0.39 is 5.54 Å². The van der Waals surface area contributed by atoms with Crippen LogP contribution >= 0.6 is 11.3 Å². The first kappa shape index (κ1) is 16.2. The normalized spacial score (nSPS) is 20.7. The number of aryl methyl sites for hydroxylation is 1. The van der Waals surface area contributed by atoms with Gasteiger partial charge in [-0.15, -0.1) is 11.3 Å². The lowest BCUT2D eigenvalue weighted by atomic mass is 9.92. The zero-order valence-electron chi connectivity index (χ0n) is 13.8. The van der Waals surface area contributed by atoms with Crippen molar-refractivity contribution in [1.82, 2.24) is 10.2 Å². The molecule has 0 bridgehead atoms. The molecule has 2 heterocycles. The molecular formula is C18H18N4OS. The van der Waals surface area contributed by atoms with Crippen LogP contribution in [0.1, 0.15) is 29.3 Å². The molecule has 1 fully saturated rings. The van der Waals surface area contributed by atoms with Gasteiger partial charge in [0.15, 0.2) is 5.96 Å². The first-order valence-corrected chi connectivity index (χ1v) is 8.40. The molecule has 1 saturated heterocycles. The highest BCUT2D eigenvalue weighted by Crippen LogP contribution is 2.40. The van der Waals surface area contributed by atoms with Crippen molar-refractivity contribution in [2.75, 3.05) is 7.05 Å². The summed E-state index contributed by atoms with van der Waals surface area (Å²) in [5, 5.41) is 20.2. The predicted molar refractivity (Wildman–Crippen MR) is 94.8 cm³/mol. The molecule has 0 radical (unpaired) electrons. The molecule has 0 saturated carbocycles. The molecular weight excluding hydrogens is 320 g/mol. The van der Waals surface area contributed by atoms with Crippen molar-refractivity contribution in [2.45, 2.75) is 25.8 Å². The van der Waals surface area contributed by atoms with E-state index in [0.29, 0.717) is 12.0 Å². The first-order chi connectivity index (χ1) is 11.3. The fourth-order valence-corrected chi connectivity index (χ4v) is 4.12. The Morgan fingerprint density at radius 1 is 1.42 bits per heavy atom. The molecule has 1 amide bonds. The number of hydrogen-bond acceptors (Lipinski definition) is 4. The van der Waals surface area contributed by atoms with Crippen molar-refractivity contribution in [1.29, 1.82) is 10.7 Å². The van der Waals surface area contributed by atoms with Gasteiger partial charge in [-0.2, -0.15) is 5.26 Å². The van der Waals surface area contributed by atoms with Crippen molar-refractivity contribution in [3.63, 3.8) is 0 Å². The average Bonchev–Trinajstić information content (AvgIpc) is 2.95. The van der Waals surface area contributed by atoms with E-state index in [0.717, 1.165) is 20.9 Å². The van der Waals surface area contributed by atoms with Crippen LogP contribution in [0.5, 0.6) is 0 Å². The molecule has 1 aromatic heterocycles. The van der Waals surface area contributed by atoms with Crippen LogP contribution in [0.4, 0.5) is 0 Å². The summed E-state index contributed by atoms with van der Waals surface area (Å²) in [5.74, 6) is 0.0492. The summed E-state index contributed by atoms with van der Waals surface area (Å²) in [4.78, 5) is 15.6. The molecule has 0 aliphatic carbocycles. The SMILES string of the molecule is Cc1cc([C@]2(C)CC(=O)N(C)C(=N)N2)sc1-c1cccc(C#N)c1. The predicted octanol–water partition coefficient (Wildman–Crippen LogP) is 3.20. The summed E-state index contributed by atoms with van der Waals surface area (Å²) < 4.78 is 0. The number of thiophene rings is 1. The number of nitrogens with zero attached hydrogens (tertiary/aromatic N) is 2. The van der Waals surface area contributed by atoms with Gasteiger partial charge in [0.05, 0.1) is 23.6 Å². The zero-order valence-corrected chi connectivity index (χ0v) is 14.6. The van der Waals surface area contributed by atoms with Gasteiger partial charge in [0, 0.05) is 16.8 Å². The van der Waals surface area contributed by atoms with Crippen LogP contribution in [-0.2, 0) is 10.3 Å². The fourth-order valence-electron chi connectivity index (χ4n) is 2.85. The van der Waals surface area contributed by atoms with Crippen LogP contribution in [0.15, 0.2) is 30.3 Å². The number of guanidine groups is 1. The summed E-state index contributed by atoms with van der Waals surface area (Å²) in [7, 11) is 1.61. The zero-order chi connectivity index (χ0) is 17.5. The Labute approximate surface area is 145 Å². The molecule has 0 spiro atoms. The molecule has 1 aliphatic heterocycles. The summed E-state index contributed by atoms with van der Waals surface area (Å²) in [5.41, 5.74) is 2.15. The minimum absolute atomic E-state index is 0.0691. The number of benzene rings is 1. The summed E-state index contributed by atoms with van der Waals surface area (Å²) >= 11 is 1.60. The summed E-state index contributed by atoms with van der Waals surface area (Å²) in [6.45, 7) is 3.98. The average molecular weight is 338 g/mol. The van der Waals surface area contributed by atoms with Gasteiger partial charge in [-0.25, -0.2) is 0 Å². The number of carbonyl (C=O) groups excluding carboxylic acids is 1. The van der Waals surface area contributed by atoms with Gasteiger partial charge in [-0.3, -0.25) is 15.1 Å². The lowest BCUT2D eigenvalue weighted by molar-refractivity contribution is -0.129. The number of hydrogen-bond donors (Lipinski definition) is 2. The van der Waals surface area contributed by atoms with Gasteiger partial charge >= 0.3 is 0 Å². The van der Waals surface area contributed by atoms with Crippen LogP contribution in [0.25, 0.3) is 10.4 Å². The number of rotatable bonds is 2. The van der Waals surface area contributed by atoms with Crippen LogP contribution in [0.3, 0.4) is 0 Å². The largest absolute Gasteiger partial charge is 0.345 e. The molecule has 6 heteroatoms. The minimum atomic E-state index is -0.582. The van der Waals surface area contributed by atoms with Gasteiger partial charge in [0.25, 0.3) is 0 Å². The number of nitrogens with one attached hydrogen (secondary N) is 2. The smallest absolute Gasteiger partial charge is 0.231 e. The maximum atomic E-state index is 12.2. The molecule has 122 valence electrons. The van der Waals surface area contributed by atoms with Gasteiger partial charge < -0.3 is 5.32 Å². The molecule has 24 heavy (non-hydrogen) atoms. The first-order valence-electron chi connectivity index (χ1n) is 7.59. The molecule has 2 aromatic rings. The maximum Gasteiger partial charge on any atom is 0.231 e. The topological polar surface area (TPSA) is 80.0 Å². The second-order valence-electron chi connectivity index (χ2n) is 6.25. The van der Waals surface area contributed by atoms with E-state index in [-0.39, 0.29) is 11.9 Å².